The maximum atomic E-state index is 4.82. The number of hydrogen-bond donors (Lipinski definition) is 2. The molecule has 164 valence electrons. The number of anilines is 1. The first kappa shape index (κ1) is 22.6. The Bertz CT molecular complexity index is 794. The third-order valence-corrected chi connectivity index (χ3v) is 6.84. The van der Waals surface area contributed by atoms with Gasteiger partial charge in [0.25, 0.3) is 0 Å². The smallest absolute Gasteiger partial charge is 0.191 e. The highest BCUT2D eigenvalue weighted by atomic mass is 32.1. The Hall–Kier alpha value is -2.12. The number of nitrogens with one attached hydrogen (secondary N) is 2. The average Bonchev–Trinajstić information content (AvgIpc) is 3.32. The fraction of sp³-hybridized carbons (Fsp3) is 0.565. The summed E-state index contributed by atoms with van der Waals surface area (Å²) in [7, 11) is 0. The first-order chi connectivity index (χ1) is 14.5. The fourth-order valence-corrected chi connectivity index (χ4v) is 4.44. The molecule has 2 aromatic rings. The third kappa shape index (κ3) is 6.19. The molecule has 1 saturated heterocycles. The summed E-state index contributed by atoms with van der Waals surface area (Å²) in [6, 6.07) is 8.57. The lowest BCUT2D eigenvalue weighted by atomic mass is 9.91. The zero-order chi connectivity index (χ0) is 21.4. The van der Waals surface area contributed by atoms with Gasteiger partial charge in [0.1, 0.15) is 5.82 Å². The number of rotatable bonds is 8. The van der Waals surface area contributed by atoms with E-state index in [1.54, 1.807) is 11.3 Å². The van der Waals surface area contributed by atoms with Crippen LogP contribution in [0, 0.1) is 0 Å². The minimum Gasteiger partial charge on any atom is -0.357 e. The summed E-state index contributed by atoms with van der Waals surface area (Å²) in [5.41, 5.74) is 1.25. The van der Waals surface area contributed by atoms with Crippen molar-refractivity contribution in [2.45, 2.75) is 39.7 Å². The van der Waals surface area contributed by atoms with E-state index in [1.807, 2.05) is 6.20 Å². The molecule has 7 heteroatoms. The van der Waals surface area contributed by atoms with Crippen molar-refractivity contribution in [3.8, 4) is 0 Å². The van der Waals surface area contributed by atoms with E-state index in [9.17, 15) is 0 Å². The van der Waals surface area contributed by atoms with E-state index in [2.05, 4.69) is 82.8 Å². The molecule has 1 fully saturated rings. The van der Waals surface area contributed by atoms with Crippen molar-refractivity contribution in [2.75, 3.05) is 50.7 Å². The van der Waals surface area contributed by atoms with Crippen LogP contribution in [-0.2, 0) is 12.0 Å². The molecule has 2 N–H and O–H groups in total. The Morgan fingerprint density at radius 1 is 1.17 bits per heavy atom. The highest BCUT2D eigenvalue weighted by Gasteiger charge is 2.22. The summed E-state index contributed by atoms with van der Waals surface area (Å²) in [5, 5.41) is 9.03. The normalized spacial score (nSPS) is 16.0. The third-order valence-electron chi connectivity index (χ3n) is 5.60. The van der Waals surface area contributed by atoms with Gasteiger partial charge < -0.3 is 20.4 Å². The molecule has 0 atom stereocenters. The Morgan fingerprint density at radius 3 is 2.63 bits per heavy atom. The van der Waals surface area contributed by atoms with Gasteiger partial charge in [-0.3, -0.25) is 0 Å². The van der Waals surface area contributed by atoms with Crippen LogP contribution in [0.25, 0.3) is 0 Å². The van der Waals surface area contributed by atoms with Gasteiger partial charge in [-0.25, -0.2) is 9.98 Å². The molecule has 0 amide bonds. The molecule has 3 heterocycles. The summed E-state index contributed by atoms with van der Waals surface area (Å²) in [6.45, 7) is 16.6. The standard InChI is InChI=1S/C23H36N6S/c1-5-24-22(27-18-23(3,4)20-8-7-15-30-20)26-17-19-9-10-25-21(16-19)29-13-11-28(6-2)12-14-29/h7-10,15-16H,5-6,11-14,17-18H2,1-4H3,(H2,24,26,27). The summed E-state index contributed by atoms with van der Waals surface area (Å²) >= 11 is 1.81. The number of thiophene rings is 1. The number of nitrogens with zero attached hydrogens (tertiary/aromatic N) is 4. The molecule has 0 unspecified atom stereocenters. The largest absolute Gasteiger partial charge is 0.357 e. The highest BCUT2D eigenvalue weighted by Crippen LogP contribution is 2.26. The number of hydrogen-bond acceptors (Lipinski definition) is 5. The first-order valence-corrected chi connectivity index (χ1v) is 11.9. The first-order valence-electron chi connectivity index (χ1n) is 11.0. The number of pyridine rings is 1. The van der Waals surface area contributed by atoms with Gasteiger partial charge in [0, 0.05) is 55.8 Å². The van der Waals surface area contributed by atoms with Crippen molar-refractivity contribution < 1.29 is 0 Å². The molecule has 2 aromatic heterocycles. The molecule has 0 spiro atoms. The molecule has 0 bridgehead atoms. The maximum Gasteiger partial charge on any atom is 0.191 e. The minimum absolute atomic E-state index is 0.0643. The van der Waals surface area contributed by atoms with Gasteiger partial charge in [-0.05, 0) is 42.6 Å². The molecule has 6 nitrogen and oxygen atoms in total. The van der Waals surface area contributed by atoms with Gasteiger partial charge in [-0.1, -0.05) is 26.8 Å². The maximum absolute atomic E-state index is 4.82. The molecule has 0 aliphatic carbocycles. The molecule has 30 heavy (non-hydrogen) atoms. The van der Waals surface area contributed by atoms with E-state index in [0.29, 0.717) is 6.54 Å². The second-order valence-corrected chi connectivity index (χ2v) is 9.30. The van der Waals surface area contributed by atoms with Crippen LogP contribution in [0.5, 0.6) is 0 Å². The second kappa shape index (κ2) is 10.8. The Kier molecular flexibility index (Phi) is 8.10. The van der Waals surface area contributed by atoms with Crippen LogP contribution in [0.1, 0.15) is 38.1 Å². The fourth-order valence-electron chi connectivity index (χ4n) is 3.59. The highest BCUT2D eigenvalue weighted by molar-refractivity contribution is 7.10. The molecule has 1 aliphatic rings. The monoisotopic (exact) mass is 428 g/mol. The summed E-state index contributed by atoms with van der Waals surface area (Å²) in [6.07, 6.45) is 1.91. The summed E-state index contributed by atoms with van der Waals surface area (Å²) < 4.78 is 0. The SMILES string of the molecule is CCNC(=NCc1ccnc(N2CCN(CC)CC2)c1)NCC(C)(C)c1cccs1. The number of guanidine groups is 1. The molecule has 0 saturated carbocycles. The molecule has 3 rings (SSSR count). The number of aliphatic imine (C=N–C) groups is 1. The van der Waals surface area contributed by atoms with Crippen molar-refractivity contribution in [1.29, 1.82) is 0 Å². The van der Waals surface area contributed by atoms with Crippen LogP contribution >= 0.6 is 11.3 Å². The molecular weight excluding hydrogens is 392 g/mol. The van der Waals surface area contributed by atoms with Crippen molar-refractivity contribution in [3.63, 3.8) is 0 Å². The van der Waals surface area contributed by atoms with Crippen LogP contribution in [0.2, 0.25) is 0 Å². The lowest BCUT2D eigenvalue weighted by molar-refractivity contribution is 0.270. The molecule has 1 aliphatic heterocycles. The minimum atomic E-state index is 0.0643. The summed E-state index contributed by atoms with van der Waals surface area (Å²) in [4.78, 5) is 15.7. The predicted octanol–water partition coefficient (Wildman–Crippen LogP) is 3.32. The van der Waals surface area contributed by atoms with Crippen LogP contribution in [0.4, 0.5) is 5.82 Å². The van der Waals surface area contributed by atoms with Crippen LogP contribution in [-0.4, -0.2) is 61.7 Å². The lowest BCUT2D eigenvalue weighted by Crippen LogP contribution is -2.46. The zero-order valence-electron chi connectivity index (χ0n) is 18.8. The van der Waals surface area contributed by atoms with Crippen LogP contribution in [0.3, 0.4) is 0 Å². The van der Waals surface area contributed by atoms with Gasteiger partial charge in [0.15, 0.2) is 5.96 Å². The molecule has 0 aromatic carbocycles. The Morgan fingerprint density at radius 2 is 1.97 bits per heavy atom. The topological polar surface area (TPSA) is 55.8 Å². The van der Waals surface area contributed by atoms with Crippen molar-refractivity contribution in [1.82, 2.24) is 20.5 Å². The lowest BCUT2D eigenvalue weighted by Gasteiger charge is -2.34. The van der Waals surface area contributed by atoms with E-state index >= 15 is 0 Å². The quantitative estimate of drug-likeness (QED) is 0.499. The van der Waals surface area contributed by atoms with Crippen molar-refractivity contribution >= 4 is 23.1 Å². The van der Waals surface area contributed by atoms with Crippen LogP contribution in [0.15, 0.2) is 40.8 Å². The predicted molar refractivity (Wildman–Crippen MR) is 129 cm³/mol. The van der Waals surface area contributed by atoms with E-state index in [0.717, 1.165) is 57.6 Å². The number of likely N-dealkylation sites (N-methyl/N-ethyl adjacent to an activating group) is 1. The van der Waals surface area contributed by atoms with E-state index in [1.165, 1.54) is 10.4 Å². The second-order valence-electron chi connectivity index (χ2n) is 8.35. The van der Waals surface area contributed by atoms with E-state index in [-0.39, 0.29) is 5.41 Å². The summed E-state index contributed by atoms with van der Waals surface area (Å²) in [5.74, 6) is 1.92. The van der Waals surface area contributed by atoms with E-state index in [4.69, 9.17) is 4.99 Å². The van der Waals surface area contributed by atoms with Crippen LogP contribution < -0.4 is 15.5 Å². The Balaban J connectivity index is 1.60. The average molecular weight is 429 g/mol. The van der Waals surface area contributed by atoms with Crippen molar-refractivity contribution in [3.05, 3.63) is 46.3 Å². The van der Waals surface area contributed by atoms with Gasteiger partial charge in [0.2, 0.25) is 0 Å². The van der Waals surface area contributed by atoms with E-state index < -0.39 is 0 Å². The molecule has 0 radical (unpaired) electrons. The number of aromatic nitrogens is 1. The van der Waals surface area contributed by atoms with Crippen molar-refractivity contribution in [2.24, 2.45) is 4.99 Å². The number of piperazine rings is 1. The van der Waals surface area contributed by atoms with Gasteiger partial charge in [-0.2, -0.15) is 0 Å². The van der Waals surface area contributed by atoms with Gasteiger partial charge in [-0.15, -0.1) is 11.3 Å². The van der Waals surface area contributed by atoms with Gasteiger partial charge in [0.05, 0.1) is 6.54 Å². The Labute approximate surface area is 185 Å². The molecular formula is C23H36N6S. The van der Waals surface area contributed by atoms with Gasteiger partial charge >= 0.3 is 0 Å². The zero-order valence-corrected chi connectivity index (χ0v) is 19.6.